The molecule has 2 aromatic rings. The predicted octanol–water partition coefficient (Wildman–Crippen LogP) is 3.33. The van der Waals surface area contributed by atoms with Gasteiger partial charge in [0.05, 0.1) is 0 Å². The number of benzene rings is 2. The number of hydrogen-bond acceptors (Lipinski definition) is 4. The van der Waals surface area contributed by atoms with Crippen molar-refractivity contribution >= 4 is 11.6 Å². The molecule has 1 aliphatic heterocycles. The average molecular weight is 344 g/mol. The highest BCUT2D eigenvalue weighted by Gasteiger charge is 2.39. The zero-order valence-electron chi connectivity index (χ0n) is 14.0. The van der Waals surface area contributed by atoms with Gasteiger partial charge in [-0.05, 0) is 62.3 Å². The summed E-state index contributed by atoms with van der Waals surface area (Å²) in [5.41, 5.74) is -0.131. The second-order valence-corrected chi connectivity index (χ2v) is 5.99. The number of nitrogens with one attached hydrogen (secondary N) is 2. The number of carbonyl (C=O) groups excluding carboxylic acids is 1. The van der Waals surface area contributed by atoms with Crippen LogP contribution in [-0.2, 0) is 9.53 Å². The van der Waals surface area contributed by atoms with E-state index < -0.39 is 5.60 Å². The van der Waals surface area contributed by atoms with Crippen LogP contribution in [0.25, 0.3) is 0 Å². The van der Waals surface area contributed by atoms with Gasteiger partial charge in [0.25, 0.3) is 5.91 Å². The number of anilines is 1. The van der Waals surface area contributed by atoms with Crippen LogP contribution < -0.4 is 15.4 Å². The van der Waals surface area contributed by atoms with E-state index in [9.17, 15) is 9.18 Å². The van der Waals surface area contributed by atoms with E-state index in [1.165, 1.54) is 12.1 Å². The minimum absolute atomic E-state index is 0.143. The largest absolute Gasteiger partial charge is 0.457 e. The van der Waals surface area contributed by atoms with Crippen LogP contribution in [0.1, 0.15) is 12.8 Å². The van der Waals surface area contributed by atoms with E-state index in [2.05, 4.69) is 10.6 Å². The fourth-order valence-electron chi connectivity index (χ4n) is 2.87. The Balaban J connectivity index is 1.65. The standard InChI is InChI=1S/C19H21FN2O3/c1-24-19(9-11-21-12-10-19)18(23)22-15-5-7-16(8-6-15)25-17-4-2-3-14(20)13-17/h2-8,13,21H,9-12H2,1H3,(H,22,23). The van der Waals surface area contributed by atoms with Crippen molar-refractivity contribution in [1.82, 2.24) is 5.32 Å². The molecule has 6 heteroatoms. The lowest BCUT2D eigenvalue weighted by atomic mass is 9.91. The molecular weight excluding hydrogens is 323 g/mol. The molecule has 25 heavy (non-hydrogen) atoms. The molecule has 3 rings (SSSR count). The first kappa shape index (κ1) is 17.4. The Morgan fingerprint density at radius 2 is 1.84 bits per heavy atom. The molecule has 0 aliphatic carbocycles. The molecule has 0 atom stereocenters. The van der Waals surface area contributed by atoms with Crippen LogP contribution in [0.15, 0.2) is 48.5 Å². The van der Waals surface area contributed by atoms with E-state index in [1.807, 2.05) is 0 Å². The summed E-state index contributed by atoms with van der Waals surface area (Å²) in [7, 11) is 1.57. The second kappa shape index (κ2) is 7.63. The fourth-order valence-corrected chi connectivity index (χ4v) is 2.87. The summed E-state index contributed by atoms with van der Waals surface area (Å²) in [5.74, 6) is 0.486. The molecule has 2 aromatic carbocycles. The number of ether oxygens (including phenoxy) is 2. The number of carbonyl (C=O) groups is 1. The van der Waals surface area contributed by atoms with E-state index >= 15 is 0 Å². The van der Waals surface area contributed by atoms with Crippen LogP contribution in [0.5, 0.6) is 11.5 Å². The Labute approximate surface area is 146 Å². The molecule has 1 aliphatic rings. The first-order valence-corrected chi connectivity index (χ1v) is 8.22. The third kappa shape index (κ3) is 4.15. The van der Waals surface area contributed by atoms with E-state index in [0.29, 0.717) is 30.0 Å². The smallest absolute Gasteiger partial charge is 0.256 e. The zero-order chi connectivity index (χ0) is 17.7. The van der Waals surface area contributed by atoms with Crippen molar-refractivity contribution in [2.24, 2.45) is 0 Å². The monoisotopic (exact) mass is 344 g/mol. The Bertz CT molecular complexity index is 728. The first-order valence-electron chi connectivity index (χ1n) is 8.22. The molecule has 1 amide bonds. The maximum absolute atomic E-state index is 13.2. The second-order valence-electron chi connectivity index (χ2n) is 5.99. The molecule has 0 spiro atoms. The summed E-state index contributed by atoms with van der Waals surface area (Å²) < 4.78 is 24.3. The molecule has 0 bridgehead atoms. The van der Waals surface area contributed by atoms with Crippen LogP contribution in [-0.4, -0.2) is 31.7 Å². The fraction of sp³-hybridized carbons (Fsp3) is 0.316. The highest BCUT2D eigenvalue weighted by atomic mass is 19.1. The molecule has 5 nitrogen and oxygen atoms in total. The van der Waals surface area contributed by atoms with Crippen molar-refractivity contribution in [2.45, 2.75) is 18.4 Å². The summed E-state index contributed by atoms with van der Waals surface area (Å²) in [6.45, 7) is 1.50. The maximum atomic E-state index is 13.2. The van der Waals surface area contributed by atoms with Crippen LogP contribution >= 0.6 is 0 Å². The average Bonchev–Trinajstić information content (AvgIpc) is 2.64. The minimum atomic E-state index is -0.790. The summed E-state index contributed by atoms with van der Waals surface area (Å²) >= 11 is 0. The molecular formula is C19H21FN2O3. The summed E-state index contributed by atoms with van der Waals surface area (Å²) in [6, 6.07) is 12.9. The summed E-state index contributed by atoms with van der Waals surface area (Å²) in [5, 5.41) is 6.12. The number of hydrogen-bond donors (Lipinski definition) is 2. The van der Waals surface area contributed by atoms with Gasteiger partial charge in [0.15, 0.2) is 0 Å². The van der Waals surface area contributed by atoms with Crippen molar-refractivity contribution in [3.05, 3.63) is 54.3 Å². The molecule has 0 aromatic heterocycles. The lowest BCUT2D eigenvalue weighted by Crippen LogP contribution is -2.51. The van der Waals surface area contributed by atoms with Crippen molar-refractivity contribution in [3.8, 4) is 11.5 Å². The summed E-state index contributed by atoms with van der Waals surface area (Å²) in [6.07, 6.45) is 1.27. The highest BCUT2D eigenvalue weighted by Crippen LogP contribution is 2.26. The van der Waals surface area contributed by atoms with Gasteiger partial charge in [-0.3, -0.25) is 4.79 Å². The van der Waals surface area contributed by atoms with Gasteiger partial charge in [0, 0.05) is 18.9 Å². The summed E-state index contributed by atoms with van der Waals surface area (Å²) in [4.78, 5) is 12.6. The molecule has 1 heterocycles. The molecule has 0 saturated carbocycles. The van der Waals surface area contributed by atoms with Gasteiger partial charge >= 0.3 is 0 Å². The third-order valence-electron chi connectivity index (χ3n) is 4.36. The topological polar surface area (TPSA) is 59.6 Å². The van der Waals surface area contributed by atoms with Crippen molar-refractivity contribution < 1.29 is 18.7 Å². The number of methoxy groups -OCH3 is 1. The SMILES string of the molecule is COC1(C(=O)Nc2ccc(Oc3cccc(F)c3)cc2)CCNCC1. The van der Waals surface area contributed by atoms with E-state index in [0.717, 1.165) is 13.1 Å². The molecule has 0 radical (unpaired) electrons. The van der Waals surface area contributed by atoms with Gasteiger partial charge in [-0.15, -0.1) is 0 Å². The van der Waals surface area contributed by atoms with Gasteiger partial charge in [-0.25, -0.2) is 4.39 Å². The predicted molar refractivity (Wildman–Crippen MR) is 93.4 cm³/mol. The number of halogens is 1. The van der Waals surface area contributed by atoms with Crippen LogP contribution in [0, 0.1) is 5.82 Å². The lowest BCUT2D eigenvalue weighted by Gasteiger charge is -2.34. The highest BCUT2D eigenvalue weighted by molar-refractivity contribution is 5.97. The molecule has 2 N–H and O–H groups in total. The third-order valence-corrected chi connectivity index (χ3v) is 4.36. The van der Waals surface area contributed by atoms with Crippen molar-refractivity contribution in [1.29, 1.82) is 0 Å². The van der Waals surface area contributed by atoms with E-state index in [-0.39, 0.29) is 11.7 Å². The van der Waals surface area contributed by atoms with E-state index in [1.54, 1.807) is 43.5 Å². The number of piperidine rings is 1. The normalized spacial score (nSPS) is 16.2. The van der Waals surface area contributed by atoms with Gasteiger partial charge in [-0.1, -0.05) is 6.07 Å². The van der Waals surface area contributed by atoms with Crippen LogP contribution in [0.3, 0.4) is 0 Å². The Kier molecular flexibility index (Phi) is 5.31. The van der Waals surface area contributed by atoms with E-state index in [4.69, 9.17) is 9.47 Å². The Morgan fingerprint density at radius 1 is 1.12 bits per heavy atom. The van der Waals surface area contributed by atoms with Crippen LogP contribution in [0.4, 0.5) is 10.1 Å². The minimum Gasteiger partial charge on any atom is -0.457 e. The Morgan fingerprint density at radius 3 is 2.48 bits per heavy atom. The Hall–Kier alpha value is -2.44. The number of rotatable bonds is 5. The van der Waals surface area contributed by atoms with Crippen molar-refractivity contribution in [2.75, 3.05) is 25.5 Å². The van der Waals surface area contributed by atoms with Crippen molar-refractivity contribution in [3.63, 3.8) is 0 Å². The van der Waals surface area contributed by atoms with Gasteiger partial charge in [0.1, 0.15) is 22.9 Å². The maximum Gasteiger partial charge on any atom is 0.256 e. The molecule has 1 saturated heterocycles. The zero-order valence-corrected chi connectivity index (χ0v) is 14.0. The van der Waals surface area contributed by atoms with Crippen LogP contribution in [0.2, 0.25) is 0 Å². The molecule has 132 valence electrons. The molecule has 1 fully saturated rings. The quantitative estimate of drug-likeness (QED) is 0.873. The first-order chi connectivity index (χ1) is 12.1. The number of amides is 1. The van der Waals surface area contributed by atoms with Gasteiger partial charge < -0.3 is 20.1 Å². The molecule has 0 unspecified atom stereocenters. The lowest BCUT2D eigenvalue weighted by molar-refractivity contribution is -0.140. The van der Waals surface area contributed by atoms with Gasteiger partial charge in [0.2, 0.25) is 0 Å². The van der Waals surface area contributed by atoms with Gasteiger partial charge in [-0.2, -0.15) is 0 Å².